The first-order chi connectivity index (χ1) is 21.3. The summed E-state index contributed by atoms with van der Waals surface area (Å²) in [5, 5.41) is 4.75. The number of hydrogen-bond donors (Lipinski definition) is 0. The van der Waals surface area contributed by atoms with Gasteiger partial charge < -0.3 is 14.4 Å². The van der Waals surface area contributed by atoms with Crippen molar-refractivity contribution in [3.63, 3.8) is 0 Å². The van der Waals surface area contributed by atoms with Gasteiger partial charge in [-0.15, -0.1) is 0 Å². The highest BCUT2D eigenvalue weighted by atomic mass is 79.9. The van der Waals surface area contributed by atoms with E-state index in [0.29, 0.717) is 35.9 Å². The number of ether oxygens (including phenoxy) is 2. The van der Waals surface area contributed by atoms with E-state index in [1.54, 1.807) is 43.0 Å². The first-order valence-electron chi connectivity index (χ1n) is 14.4. The third kappa shape index (κ3) is 6.55. The van der Waals surface area contributed by atoms with Gasteiger partial charge >= 0.3 is 6.18 Å². The molecule has 5 rings (SSSR count). The molecule has 1 aliphatic heterocycles. The van der Waals surface area contributed by atoms with E-state index in [-0.39, 0.29) is 40.4 Å². The maximum atomic E-state index is 14.2. The zero-order valence-corrected chi connectivity index (χ0v) is 27.1. The van der Waals surface area contributed by atoms with Gasteiger partial charge in [-0.1, -0.05) is 29.8 Å². The molecule has 238 valence electrons. The van der Waals surface area contributed by atoms with Crippen LogP contribution in [0.15, 0.2) is 57.8 Å². The number of nitrogens with zero attached hydrogens (tertiary/aromatic N) is 5. The van der Waals surface area contributed by atoms with Crippen molar-refractivity contribution in [3.8, 4) is 17.4 Å². The maximum absolute atomic E-state index is 14.2. The molecule has 45 heavy (non-hydrogen) atoms. The summed E-state index contributed by atoms with van der Waals surface area (Å²) in [7, 11) is 1.59. The number of aryl methyl sites for hydroxylation is 1. The molecule has 13 heteroatoms. The van der Waals surface area contributed by atoms with E-state index < -0.39 is 23.7 Å². The molecule has 1 unspecified atom stereocenters. The molecule has 4 aromatic rings. The molecule has 3 heterocycles. The number of rotatable bonds is 8. The van der Waals surface area contributed by atoms with Crippen LogP contribution in [0.1, 0.15) is 65.3 Å². The van der Waals surface area contributed by atoms with E-state index in [0.717, 1.165) is 17.5 Å². The van der Waals surface area contributed by atoms with Crippen LogP contribution in [0.25, 0.3) is 11.6 Å². The molecule has 9 nitrogen and oxygen atoms in total. The van der Waals surface area contributed by atoms with Crippen LogP contribution in [0, 0.1) is 6.92 Å². The molecule has 1 aliphatic rings. The van der Waals surface area contributed by atoms with Crippen LogP contribution in [-0.4, -0.2) is 56.5 Å². The van der Waals surface area contributed by atoms with E-state index in [9.17, 15) is 22.8 Å². The highest BCUT2D eigenvalue weighted by molar-refractivity contribution is 9.10. The van der Waals surface area contributed by atoms with Gasteiger partial charge in [0.15, 0.2) is 0 Å². The summed E-state index contributed by atoms with van der Waals surface area (Å²) in [4.78, 5) is 34.2. The normalized spacial score (nSPS) is 15.0. The average molecular weight is 689 g/mol. The third-order valence-electron chi connectivity index (χ3n) is 7.71. The van der Waals surface area contributed by atoms with Gasteiger partial charge in [-0.05, 0) is 74.7 Å². The van der Waals surface area contributed by atoms with Crippen LogP contribution in [0.2, 0.25) is 0 Å². The van der Waals surface area contributed by atoms with Gasteiger partial charge in [-0.3, -0.25) is 9.59 Å². The monoisotopic (exact) mass is 687 g/mol. The molecule has 0 bridgehead atoms. The highest BCUT2D eigenvalue weighted by Gasteiger charge is 2.36. The standard InChI is InChI=1S/C32H33BrF3N5O4/c1-18(2)27-15-20(4)41(38-27)31-37-28-17-39(29(42)21-6-11-26(33)25(16-21)32(34,35)36)19(3)14-24(28)30(43)40(31)22-7-9-23(10-8-22)45-13-12-44-5/h6-11,15-16,18-19H,12-14,17H2,1-5H3. The number of carbonyl (C=O) groups excluding carboxylic acids is 1. The smallest absolute Gasteiger partial charge is 0.417 e. The quantitative estimate of drug-likeness (QED) is 0.204. The fourth-order valence-electron chi connectivity index (χ4n) is 5.25. The molecule has 0 spiro atoms. The lowest BCUT2D eigenvalue weighted by molar-refractivity contribution is -0.138. The summed E-state index contributed by atoms with van der Waals surface area (Å²) >= 11 is 2.93. The van der Waals surface area contributed by atoms with Gasteiger partial charge in [0, 0.05) is 34.4 Å². The number of carbonyl (C=O) groups is 1. The van der Waals surface area contributed by atoms with Crippen molar-refractivity contribution in [1.29, 1.82) is 0 Å². The largest absolute Gasteiger partial charge is 0.491 e. The molecule has 0 saturated heterocycles. The van der Waals surface area contributed by atoms with Gasteiger partial charge in [-0.2, -0.15) is 18.3 Å². The Morgan fingerprint density at radius 3 is 2.44 bits per heavy atom. The molecular formula is C32H33BrF3N5O4. The molecule has 0 N–H and O–H groups in total. The van der Waals surface area contributed by atoms with Crippen LogP contribution < -0.4 is 10.3 Å². The maximum Gasteiger partial charge on any atom is 0.417 e. The van der Waals surface area contributed by atoms with Crippen molar-refractivity contribution in [3.05, 3.63) is 97.1 Å². The average Bonchev–Trinajstić information content (AvgIpc) is 3.39. The molecule has 1 atom stereocenters. The molecule has 0 fully saturated rings. The number of aromatic nitrogens is 4. The van der Waals surface area contributed by atoms with Crippen LogP contribution >= 0.6 is 15.9 Å². The highest BCUT2D eigenvalue weighted by Crippen LogP contribution is 2.36. The molecule has 2 aromatic carbocycles. The molecule has 1 amide bonds. The molecule has 0 saturated carbocycles. The van der Waals surface area contributed by atoms with Crippen LogP contribution in [0.5, 0.6) is 5.75 Å². The second kappa shape index (κ2) is 12.8. The third-order valence-corrected chi connectivity index (χ3v) is 8.41. The Morgan fingerprint density at radius 2 is 1.82 bits per heavy atom. The number of halogens is 4. The summed E-state index contributed by atoms with van der Waals surface area (Å²) in [6.45, 7) is 8.40. The molecular weight excluding hydrogens is 655 g/mol. The Labute approximate surface area is 266 Å². The lowest BCUT2D eigenvalue weighted by Crippen LogP contribution is -2.46. The zero-order valence-electron chi connectivity index (χ0n) is 25.5. The Balaban J connectivity index is 1.60. The van der Waals surface area contributed by atoms with Gasteiger partial charge in [0.25, 0.3) is 11.5 Å². The van der Waals surface area contributed by atoms with Crippen molar-refractivity contribution in [2.45, 2.75) is 58.8 Å². The van der Waals surface area contributed by atoms with E-state index in [2.05, 4.69) is 15.9 Å². The van der Waals surface area contributed by atoms with Crippen molar-refractivity contribution in [2.75, 3.05) is 20.3 Å². The molecule has 0 radical (unpaired) electrons. The molecule has 2 aromatic heterocycles. The van der Waals surface area contributed by atoms with E-state index in [1.165, 1.54) is 21.6 Å². The topological polar surface area (TPSA) is 91.5 Å². The summed E-state index contributed by atoms with van der Waals surface area (Å²) < 4.78 is 54.4. The predicted molar refractivity (Wildman–Crippen MR) is 165 cm³/mol. The lowest BCUT2D eigenvalue weighted by atomic mass is 9.98. The Kier molecular flexibility index (Phi) is 9.22. The van der Waals surface area contributed by atoms with Gasteiger partial charge in [0.05, 0.1) is 35.8 Å². The fourth-order valence-corrected chi connectivity index (χ4v) is 5.72. The van der Waals surface area contributed by atoms with Gasteiger partial charge in [0.1, 0.15) is 12.4 Å². The van der Waals surface area contributed by atoms with E-state index in [1.807, 2.05) is 26.8 Å². The number of amides is 1. The lowest BCUT2D eigenvalue weighted by Gasteiger charge is -2.34. The minimum Gasteiger partial charge on any atom is -0.491 e. The Hall–Kier alpha value is -3.97. The van der Waals surface area contributed by atoms with E-state index in [4.69, 9.17) is 19.6 Å². The number of benzene rings is 2. The second-order valence-corrected chi connectivity index (χ2v) is 12.1. The first-order valence-corrected chi connectivity index (χ1v) is 15.2. The fraction of sp³-hybridized carbons (Fsp3) is 0.375. The van der Waals surface area contributed by atoms with Crippen molar-refractivity contribution >= 4 is 21.8 Å². The van der Waals surface area contributed by atoms with Gasteiger partial charge in [-0.25, -0.2) is 14.2 Å². The number of methoxy groups -OCH3 is 1. The minimum absolute atomic E-state index is 0.0561. The Morgan fingerprint density at radius 1 is 1.11 bits per heavy atom. The van der Waals surface area contributed by atoms with Crippen molar-refractivity contribution in [2.24, 2.45) is 0 Å². The van der Waals surface area contributed by atoms with Gasteiger partial charge in [0.2, 0.25) is 5.95 Å². The summed E-state index contributed by atoms with van der Waals surface area (Å²) in [6.07, 6.45) is -4.47. The zero-order chi connectivity index (χ0) is 32.6. The SMILES string of the molecule is COCCOc1ccc(-n2c(-n3nc(C(C)C)cc3C)nc3c(c2=O)CC(C)N(C(=O)c2ccc(Br)c(C(F)(F)F)c2)C3)cc1. The first kappa shape index (κ1) is 32.4. The van der Waals surface area contributed by atoms with E-state index >= 15 is 0 Å². The minimum atomic E-state index is -4.64. The van der Waals surface area contributed by atoms with Crippen molar-refractivity contribution < 1.29 is 27.4 Å². The van der Waals surface area contributed by atoms with Crippen molar-refractivity contribution in [1.82, 2.24) is 24.2 Å². The summed E-state index contributed by atoms with van der Waals surface area (Å²) in [5.74, 6) is 0.382. The van der Waals surface area contributed by atoms with Crippen LogP contribution in [0.4, 0.5) is 13.2 Å². The number of hydrogen-bond acceptors (Lipinski definition) is 6. The Bertz CT molecular complexity index is 1780. The van der Waals surface area contributed by atoms with Crippen LogP contribution in [0.3, 0.4) is 0 Å². The second-order valence-electron chi connectivity index (χ2n) is 11.3. The number of alkyl halides is 3. The predicted octanol–water partition coefficient (Wildman–Crippen LogP) is 6.24. The van der Waals surface area contributed by atoms with Crippen LogP contribution in [-0.2, 0) is 23.9 Å². The number of fused-ring (bicyclic) bond motifs is 1. The molecule has 0 aliphatic carbocycles. The summed E-state index contributed by atoms with van der Waals surface area (Å²) in [6, 6.07) is 11.9. The summed E-state index contributed by atoms with van der Waals surface area (Å²) in [5.41, 5.74) is 1.55.